The summed E-state index contributed by atoms with van der Waals surface area (Å²) in [5, 5.41) is 5.71. The van der Waals surface area contributed by atoms with Gasteiger partial charge in [-0.05, 0) is 55.5 Å². The number of hydrogen-bond donors (Lipinski definition) is 2. The summed E-state index contributed by atoms with van der Waals surface area (Å²) in [5.74, 6) is -0.373. The monoisotopic (exact) mass is 328 g/mol. The zero-order valence-electron chi connectivity index (χ0n) is 11.5. The Morgan fingerprint density at radius 2 is 1.64 bits per heavy atom. The molecule has 0 saturated heterocycles. The summed E-state index contributed by atoms with van der Waals surface area (Å²) in [6.07, 6.45) is -4.38. The van der Waals surface area contributed by atoms with Crippen molar-refractivity contribution in [3.8, 4) is 0 Å². The molecule has 22 heavy (non-hydrogen) atoms. The fraction of sp³-hybridized carbons (Fsp3) is 0.133. The Kier molecular flexibility index (Phi) is 4.65. The van der Waals surface area contributed by atoms with Crippen LogP contribution in [0, 0.1) is 12.7 Å². The van der Waals surface area contributed by atoms with E-state index in [-0.39, 0.29) is 10.9 Å². The first-order valence-corrected chi connectivity index (χ1v) is 6.68. The predicted octanol–water partition coefficient (Wildman–Crippen LogP) is 4.96. The molecule has 0 heterocycles. The molecule has 0 saturated carbocycles. The highest BCUT2D eigenvalue weighted by molar-refractivity contribution is 7.80. The molecule has 7 heteroatoms. The second-order valence-electron chi connectivity index (χ2n) is 4.57. The van der Waals surface area contributed by atoms with Gasteiger partial charge in [0.1, 0.15) is 5.82 Å². The second-order valence-corrected chi connectivity index (χ2v) is 4.97. The molecule has 0 aliphatic rings. The van der Waals surface area contributed by atoms with E-state index < -0.39 is 11.7 Å². The Labute approximate surface area is 130 Å². The van der Waals surface area contributed by atoms with E-state index in [2.05, 4.69) is 10.6 Å². The zero-order valence-corrected chi connectivity index (χ0v) is 12.3. The molecule has 2 nitrogen and oxygen atoms in total. The van der Waals surface area contributed by atoms with E-state index in [0.29, 0.717) is 16.9 Å². The molecule has 2 rings (SSSR count). The maximum absolute atomic E-state index is 13.4. The molecule has 0 aromatic heterocycles. The lowest BCUT2D eigenvalue weighted by Crippen LogP contribution is -2.20. The van der Waals surface area contributed by atoms with Crippen molar-refractivity contribution in [2.75, 3.05) is 10.6 Å². The van der Waals surface area contributed by atoms with Crippen LogP contribution in [-0.2, 0) is 6.18 Å². The van der Waals surface area contributed by atoms with Crippen molar-refractivity contribution in [3.05, 3.63) is 59.4 Å². The SMILES string of the molecule is Cc1c(F)cccc1NC(=S)Nc1ccc(C(F)(F)F)cc1. The van der Waals surface area contributed by atoms with Gasteiger partial charge in [-0.25, -0.2) is 4.39 Å². The molecular formula is C15H12F4N2S. The molecule has 116 valence electrons. The van der Waals surface area contributed by atoms with Gasteiger partial charge in [0.25, 0.3) is 0 Å². The van der Waals surface area contributed by atoms with Crippen molar-refractivity contribution in [1.82, 2.24) is 0 Å². The molecular weight excluding hydrogens is 316 g/mol. The molecule has 0 radical (unpaired) electrons. The number of alkyl halides is 3. The predicted molar refractivity (Wildman–Crippen MR) is 82.4 cm³/mol. The van der Waals surface area contributed by atoms with Gasteiger partial charge in [0.05, 0.1) is 5.56 Å². The highest BCUT2D eigenvalue weighted by Crippen LogP contribution is 2.29. The minimum absolute atomic E-state index is 0.161. The largest absolute Gasteiger partial charge is 0.416 e. The first-order chi connectivity index (χ1) is 10.3. The van der Waals surface area contributed by atoms with Crippen LogP contribution in [0.2, 0.25) is 0 Å². The van der Waals surface area contributed by atoms with Gasteiger partial charge < -0.3 is 10.6 Å². The number of halogens is 4. The van der Waals surface area contributed by atoms with Gasteiger partial charge in [-0.1, -0.05) is 6.07 Å². The number of thiocarbonyl (C=S) groups is 1. The van der Waals surface area contributed by atoms with Crippen LogP contribution in [-0.4, -0.2) is 5.11 Å². The molecule has 0 unspecified atom stereocenters. The van der Waals surface area contributed by atoms with Crippen LogP contribution in [0.25, 0.3) is 0 Å². The summed E-state index contributed by atoms with van der Waals surface area (Å²) in [6, 6.07) is 8.97. The summed E-state index contributed by atoms with van der Waals surface area (Å²) in [6.45, 7) is 1.60. The number of benzene rings is 2. The standard InChI is InChI=1S/C15H12F4N2S/c1-9-12(16)3-2-4-13(9)21-14(22)20-11-7-5-10(6-8-11)15(17,18)19/h2-8H,1H3,(H2,20,21,22). The molecule has 2 N–H and O–H groups in total. The van der Waals surface area contributed by atoms with Crippen molar-refractivity contribution >= 4 is 28.7 Å². The average molecular weight is 328 g/mol. The fourth-order valence-electron chi connectivity index (χ4n) is 1.77. The third kappa shape index (κ3) is 3.94. The van der Waals surface area contributed by atoms with Crippen LogP contribution in [0.4, 0.5) is 28.9 Å². The highest BCUT2D eigenvalue weighted by Gasteiger charge is 2.29. The summed E-state index contributed by atoms with van der Waals surface area (Å²) in [4.78, 5) is 0. The number of anilines is 2. The third-order valence-electron chi connectivity index (χ3n) is 2.99. The molecule has 0 fully saturated rings. The number of rotatable bonds is 2. The Bertz CT molecular complexity index is 681. The van der Waals surface area contributed by atoms with E-state index in [0.717, 1.165) is 12.1 Å². The highest BCUT2D eigenvalue weighted by atomic mass is 32.1. The molecule has 0 bridgehead atoms. The summed E-state index contributed by atoms with van der Waals surface area (Å²) < 4.78 is 50.8. The van der Waals surface area contributed by atoms with Crippen molar-refractivity contribution in [2.24, 2.45) is 0 Å². The Balaban J connectivity index is 2.05. The average Bonchev–Trinajstić information content (AvgIpc) is 2.43. The number of hydrogen-bond acceptors (Lipinski definition) is 1. The van der Waals surface area contributed by atoms with Crippen LogP contribution < -0.4 is 10.6 Å². The Hall–Kier alpha value is -2.15. The lowest BCUT2D eigenvalue weighted by Gasteiger charge is -2.13. The van der Waals surface area contributed by atoms with Crippen molar-refractivity contribution in [3.63, 3.8) is 0 Å². The van der Waals surface area contributed by atoms with Crippen LogP contribution in [0.3, 0.4) is 0 Å². The normalized spacial score (nSPS) is 11.1. The first kappa shape index (κ1) is 16.2. The molecule has 0 spiro atoms. The Morgan fingerprint density at radius 3 is 2.23 bits per heavy atom. The van der Waals surface area contributed by atoms with Gasteiger partial charge in [-0.15, -0.1) is 0 Å². The van der Waals surface area contributed by atoms with E-state index >= 15 is 0 Å². The minimum Gasteiger partial charge on any atom is -0.332 e. The van der Waals surface area contributed by atoms with E-state index in [1.165, 1.54) is 24.3 Å². The van der Waals surface area contributed by atoms with E-state index in [1.807, 2.05) is 0 Å². The maximum atomic E-state index is 13.4. The molecule has 0 aliphatic carbocycles. The Morgan fingerprint density at radius 1 is 1.00 bits per heavy atom. The van der Waals surface area contributed by atoms with Crippen molar-refractivity contribution in [1.29, 1.82) is 0 Å². The smallest absolute Gasteiger partial charge is 0.332 e. The lowest BCUT2D eigenvalue weighted by atomic mass is 10.2. The van der Waals surface area contributed by atoms with Gasteiger partial charge in [0.2, 0.25) is 0 Å². The third-order valence-corrected chi connectivity index (χ3v) is 3.19. The summed E-state index contributed by atoms with van der Waals surface area (Å²) >= 11 is 5.06. The van der Waals surface area contributed by atoms with Crippen LogP contribution in [0.1, 0.15) is 11.1 Å². The van der Waals surface area contributed by atoms with Crippen molar-refractivity contribution < 1.29 is 17.6 Å². The molecule has 2 aromatic carbocycles. The van der Waals surface area contributed by atoms with Gasteiger partial charge >= 0.3 is 6.18 Å². The van der Waals surface area contributed by atoms with Crippen LogP contribution >= 0.6 is 12.2 Å². The topological polar surface area (TPSA) is 24.1 Å². The zero-order chi connectivity index (χ0) is 16.3. The fourth-order valence-corrected chi connectivity index (χ4v) is 2.00. The van der Waals surface area contributed by atoms with Gasteiger partial charge in [0.15, 0.2) is 5.11 Å². The first-order valence-electron chi connectivity index (χ1n) is 6.28. The molecule has 0 amide bonds. The van der Waals surface area contributed by atoms with Crippen molar-refractivity contribution in [2.45, 2.75) is 13.1 Å². The number of nitrogens with one attached hydrogen (secondary N) is 2. The summed E-state index contributed by atoms with van der Waals surface area (Å²) in [5.41, 5.74) is 0.556. The van der Waals surface area contributed by atoms with E-state index in [1.54, 1.807) is 13.0 Å². The van der Waals surface area contributed by atoms with E-state index in [4.69, 9.17) is 12.2 Å². The van der Waals surface area contributed by atoms with Gasteiger partial charge in [-0.2, -0.15) is 13.2 Å². The summed E-state index contributed by atoms with van der Waals surface area (Å²) in [7, 11) is 0. The van der Waals surface area contributed by atoms with Gasteiger partial charge in [-0.3, -0.25) is 0 Å². The van der Waals surface area contributed by atoms with E-state index in [9.17, 15) is 17.6 Å². The quantitative estimate of drug-likeness (QED) is 0.602. The molecule has 0 aliphatic heterocycles. The molecule has 2 aromatic rings. The molecule has 0 atom stereocenters. The second kappa shape index (κ2) is 6.31. The maximum Gasteiger partial charge on any atom is 0.416 e. The van der Waals surface area contributed by atoms with Gasteiger partial charge in [0, 0.05) is 16.9 Å². The van der Waals surface area contributed by atoms with Crippen LogP contribution in [0.5, 0.6) is 0 Å². The minimum atomic E-state index is -4.38. The lowest BCUT2D eigenvalue weighted by molar-refractivity contribution is -0.137. The van der Waals surface area contributed by atoms with Crippen LogP contribution in [0.15, 0.2) is 42.5 Å².